The van der Waals surface area contributed by atoms with Crippen LogP contribution >= 0.6 is 0 Å². The monoisotopic (exact) mass is 266 g/mol. The number of halogens is 1. The van der Waals surface area contributed by atoms with E-state index in [-0.39, 0.29) is 11.9 Å². The van der Waals surface area contributed by atoms with Gasteiger partial charge in [0, 0.05) is 21.3 Å². The molecule has 7 heteroatoms. The van der Waals surface area contributed by atoms with Crippen LogP contribution in [0.3, 0.4) is 0 Å². The lowest BCUT2D eigenvalue weighted by molar-refractivity contribution is -0.144. The highest BCUT2D eigenvalue weighted by atomic mass is 28.4. The zero-order valence-corrected chi connectivity index (χ0v) is 11.8. The van der Waals surface area contributed by atoms with E-state index in [0.29, 0.717) is 6.42 Å². The van der Waals surface area contributed by atoms with Crippen molar-refractivity contribution in [3.8, 4) is 0 Å². The predicted molar refractivity (Wildman–Crippen MR) is 61.8 cm³/mol. The molecule has 0 radical (unpaired) electrons. The molecule has 0 rings (SSSR count). The van der Waals surface area contributed by atoms with Gasteiger partial charge in [-0.25, -0.2) is 9.18 Å². The molecule has 1 unspecified atom stereocenters. The summed E-state index contributed by atoms with van der Waals surface area (Å²) in [5, 5.41) is 0. The van der Waals surface area contributed by atoms with Gasteiger partial charge in [-0.3, -0.25) is 0 Å². The van der Waals surface area contributed by atoms with Gasteiger partial charge in [-0.2, -0.15) is 0 Å². The maximum absolute atomic E-state index is 12.2. The Morgan fingerprint density at radius 3 is 2.06 bits per heavy atom. The normalized spacial score (nSPS) is 14.6. The number of hydrogen-bond acceptors (Lipinski definition) is 5. The average molecular weight is 266 g/mol. The fourth-order valence-electron chi connectivity index (χ4n) is 1.32. The number of carbonyl (C=O) groups is 1. The van der Waals surface area contributed by atoms with Crippen LogP contribution in [0.1, 0.15) is 20.3 Å². The van der Waals surface area contributed by atoms with E-state index < -0.39 is 20.5 Å². The van der Waals surface area contributed by atoms with Gasteiger partial charge in [-0.15, -0.1) is 0 Å². The topological polar surface area (TPSA) is 54.0 Å². The number of rotatable bonds is 7. The standard InChI is InChI=1S/C10H19FO5Si/c1-6-9(16-10(12)8(2)7-11)17(13-3,14-4)15-5/h7,9H,6H2,1-5H3. The Morgan fingerprint density at radius 2 is 1.76 bits per heavy atom. The number of hydrogen-bond donors (Lipinski definition) is 0. The molecule has 0 bridgehead atoms. The predicted octanol–water partition coefficient (Wildman–Crippen LogP) is 1.60. The maximum Gasteiger partial charge on any atom is 0.543 e. The molecule has 0 aliphatic carbocycles. The second-order valence-corrected chi connectivity index (χ2v) is 6.39. The summed E-state index contributed by atoms with van der Waals surface area (Å²) < 4.78 is 32.9. The third kappa shape index (κ3) is 3.88. The van der Waals surface area contributed by atoms with Crippen molar-refractivity contribution in [2.75, 3.05) is 21.3 Å². The van der Waals surface area contributed by atoms with Gasteiger partial charge in [0.05, 0.1) is 11.9 Å². The minimum Gasteiger partial charge on any atom is -0.454 e. The van der Waals surface area contributed by atoms with E-state index in [0.717, 1.165) is 0 Å². The second-order valence-electron chi connectivity index (χ2n) is 3.31. The highest BCUT2D eigenvalue weighted by Gasteiger charge is 2.49. The fourth-order valence-corrected chi connectivity index (χ4v) is 3.36. The van der Waals surface area contributed by atoms with Crippen molar-refractivity contribution in [3.63, 3.8) is 0 Å². The van der Waals surface area contributed by atoms with Crippen molar-refractivity contribution >= 4 is 14.8 Å². The van der Waals surface area contributed by atoms with Gasteiger partial charge >= 0.3 is 14.8 Å². The molecule has 0 spiro atoms. The van der Waals surface area contributed by atoms with E-state index in [1.807, 2.05) is 0 Å². The Morgan fingerprint density at radius 1 is 1.29 bits per heavy atom. The van der Waals surface area contributed by atoms with Crippen LogP contribution in [0, 0.1) is 0 Å². The molecule has 0 aromatic heterocycles. The third-order valence-corrected chi connectivity index (χ3v) is 5.38. The molecule has 0 saturated heterocycles. The summed E-state index contributed by atoms with van der Waals surface area (Å²) in [6.45, 7) is 3.12. The SMILES string of the molecule is CCC(OC(=O)C(C)=CF)[Si](OC)(OC)OC. The van der Waals surface area contributed by atoms with Crippen molar-refractivity contribution in [2.45, 2.75) is 26.0 Å². The molecule has 0 fully saturated rings. The van der Waals surface area contributed by atoms with Crippen LogP contribution in [0.25, 0.3) is 0 Å². The first-order valence-corrected chi connectivity index (χ1v) is 6.94. The highest BCUT2D eigenvalue weighted by molar-refractivity contribution is 6.62. The Balaban J connectivity index is 4.88. The lowest BCUT2D eigenvalue weighted by atomic mass is 10.3. The first kappa shape index (κ1) is 16.2. The lowest BCUT2D eigenvalue weighted by Gasteiger charge is -2.31. The van der Waals surface area contributed by atoms with Crippen LogP contribution in [-0.2, 0) is 22.8 Å². The zero-order chi connectivity index (χ0) is 13.5. The minimum absolute atomic E-state index is 0.116. The Kier molecular flexibility index (Phi) is 7.20. The summed E-state index contributed by atoms with van der Waals surface area (Å²) in [7, 11) is 1.21. The quantitative estimate of drug-likeness (QED) is 0.398. The van der Waals surface area contributed by atoms with Gasteiger partial charge < -0.3 is 18.0 Å². The lowest BCUT2D eigenvalue weighted by Crippen LogP contribution is -2.56. The zero-order valence-electron chi connectivity index (χ0n) is 10.8. The summed E-state index contributed by atoms with van der Waals surface area (Å²) in [5.41, 5.74) is -0.778. The first-order chi connectivity index (χ1) is 8.01. The smallest absolute Gasteiger partial charge is 0.454 e. The fraction of sp³-hybridized carbons (Fsp3) is 0.700. The second kappa shape index (κ2) is 7.54. The summed E-state index contributed by atoms with van der Waals surface area (Å²) in [4.78, 5) is 11.5. The Hall–Kier alpha value is -0.763. The van der Waals surface area contributed by atoms with Gasteiger partial charge in [0.25, 0.3) is 0 Å². The average Bonchev–Trinajstić information content (AvgIpc) is 2.38. The molecule has 0 aliphatic rings. The molecule has 0 amide bonds. The van der Waals surface area contributed by atoms with Crippen molar-refractivity contribution in [1.29, 1.82) is 0 Å². The molecule has 17 heavy (non-hydrogen) atoms. The van der Waals surface area contributed by atoms with Gasteiger partial charge in [-0.05, 0) is 13.3 Å². The molecule has 0 aromatic rings. The molecule has 0 heterocycles. The summed E-state index contributed by atoms with van der Waals surface area (Å²) >= 11 is 0. The van der Waals surface area contributed by atoms with E-state index in [1.165, 1.54) is 28.3 Å². The van der Waals surface area contributed by atoms with Crippen molar-refractivity contribution in [3.05, 3.63) is 11.9 Å². The van der Waals surface area contributed by atoms with Crippen LogP contribution < -0.4 is 0 Å². The van der Waals surface area contributed by atoms with E-state index in [4.69, 9.17) is 18.0 Å². The number of ether oxygens (including phenoxy) is 1. The molecular formula is C10H19FO5Si. The van der Waals surface area contributed by atoms with Crippen LogP contribution in [0.15, 0.2) is 11.9 Å². The highest BCUT2D eigenvalue weighted by Crippen LogP contribution is 2.19. The van der Waals surface area contributed by atoms with Crippen LogP contribution in [0.5, 0.6) is 0 Å². The van der Waals surface area contributed by atoms with Gasteiger partial charge in [-0.1, -0.05) is 6.92 Å². The van der Waals surface area contributed by atoms with Crippen molar-refractivity contribution in [2.24, 2.45) is 0 Å². The molecule has 0 aromatic carbocycles. The van der Waals surface area contributed by atoms with E-state index in [9.17, 15) is 9.18 Å². The van der Waals surface area contributed by atoms with Gasteiger partial charge in [0.2, 0.25) is 0 Å². The van der Waals surface area contributed by atoms with Gasteiger partial charge in [0.1, 0.15) is 0 Å². The summed E-state index contributed by atoms with van der Waals surface area (Å²) in [5.74, 6) is -0.748. The van der Waals surface area contributed by atoms with E-state index in [1.54, 1.807) is 6.92 Å². The molecule has 0 saturated carbocycles. The third-order valence-electron chi connectivity index (χ3n) is 2.35. The number of carbonyl (C=O) groups excluding carboxylic acids is 1. The molecule has 0 aliphatic heterocycles. The van der Waals surface area contributed by atoms with Crippen LogP contribution in [0.2, 0.25) is 0 Å². The molecular weight excluding hydrogens is 247 g/mol. The molecule has 1 atom stereocenters. The van der Waals surface area contributed by atoms with Crippen LogP contribution in [-0.4, -0.2) is 41.8 Å². The van der Waals surface area contributed by atoms with Crippen molar-refractivity contribution in [1.82, 2.24) is 0 Å². The Bertz CT molecular complexity index is 270. The van der Waals surface area contributed by atoms with E-state index in [2.05, 4.69) is 0 Å². The molecule has 5 nitrogen and oxygen atoms in total. The first-order valence-electron chi connectivity index (χ1n) is 5.14. The number of esters is 1. The summed E-state index contributed by atoms with van der Waals surface area (Å²) in [6, 6.07) is 0. The molecule has 100 valence electrons. The minimum atomic E-state index is -3.06. The Labute approximate surface area is 102 Å². The van der Waals surface area contributed by atoms with E-state index >= 15 is 0 Å². The van der Waals surface area contributed by atoms with Crippen molar-refractivity contribution < 1.29 is 27.2 Å². The van der Waals surface area contributed by atoms with Gasteiger partial charge in [0.15, 0.2) is 5.73 Å². The molecule has 0 N–H and O–H groups in total. The maximum atomic E-state index is 12.2. The van der Waals surface area contributed by atoms with Crippen LogP contribution in [0.4, 0.5) is 4.39 Å². The summed E-state index contributed by atoms with van der Waals surface area (Å²) in [6.07, 6.45) is 0.651. The largest absolute Gasteiger partial charge is 0.543 e.